The monoisotopic (exact) mass is 330 g/mol. The lowest BCUT2D eigenvalue weighted by atomic mass is 9.98. The highest BCUT2D eigenvalue weighted by atomic mass is 16.7. The lowest BCUT2D eigenvalue weighted by Gasteiger charge is -2.17. The smallest absolute Gasteiger partial charge is 0.163 e. The van der Waals surface area contributed by atoms with Crippen molar-refractivity contribution in [3.05, 3.63) is 48.0 Å². The zero-order valence-corrected chi connectivity index (χ0v) is 15.7. The van der Waals surface area contributed by atoms with Crippen molar-refractivity contribution < 1.29 is 9.47 Å². The highest BCUT2D eigenvalue weighted by Crippen LogP contribution is 2.33. The molecule has 0 N–H and O–H groups in total. The van der Waals surface area contributed by atoms with Crippen LogP contribution in [0.5, 0.6) is 0 Å². The van der Waals surface area contributed by atoms with E-state index < -0.39 is 5.79 Å². The van der Waals surface area contributed by atoms with E-state index >= 15 is 0 Å². The molecule has 0 amide bonds. The Bertz CT molecular complexity index is 489. The third-order valence-corrected chi connectivity index (χ3v) is 4.72. The largest absolute Gasteiger partial charge is 0.345 e. The molecule has 1 saturated heterocycles. The fraction of sp³-hybridized carbons (Fsp3) is 0.636. The van der Waals surface area contributed by atoms with E-state index in [0.717, 1.165) is 19.3 Å². The molecule has 0 aromatic heterocycles. The van der Waals surface area contributed by atoms with Gasteiger partial charge in [-0.25, -0.2) is 0 Å². The number of allylic oxidation sites excluding steroid dienone is 1. The molecule has 2 atom stereocenters. The minimum Gasteiger partial charge on any atom is -0.345 e. The summed E-state index contributed by atoms with van der Waals surface area (Å²) in [7, 11) is 0. The van der Waals surface area contributed by atoms with Gasteiger partial charge in [0.05, 0.1) is 12.2 Å². The van der Waals surface area contributed by atoms with Crippen LogP contribution in [0.3, 0.4) is 0 Å². The number of hydrogen-bond donors (Lipinski definition) is 0. The van der Waals surface area contributed by atoms with Crippen molar-refractivity contribution in [2.75, 3.05) is 0 Å². The molecule has 1 fully saturated rings. The van der Waals surface area contributed by atoms with Crippen LogP contribution in [0, 0.1) is 0 Å². The van der Waals surface area contributed by atoms with Gasteiger partial charge in [-0.1, -0.05) is 69.4 Å². The van der Waals surface area contributed by atoms with Crippen molar-refractivity contribution in [3.8, 4) is 0 Å². The summed E-state index contributed by atoms with van der Waals surface area (Å²) in [5, 5.41) is 0. The molecule has 0 unspecified atom stereocenters. The van der Waals surface area contributed by atoms with Gasteiger partial charge in [0, 0.05) is 6.42 Å². The van der Waals surface area contributed by atoms with Crippen LogP contribution in [0.2, 0.25) is 0 Å². The average Bonchev–Trinajstić information content (AvgIpc) is 2.83. The zero-order valence-electron chi connectivity index (χ0n) is 15.7. The van der Waals surface area contributed by atoms with E-state index in [-0.39, 0.29) is 12.2 Å². The molecule has 0 saturated carbocycles. The molecule has 1 heterocycles. The number of hydrogen-bond acceptors (Lipinski definition) is 2. The van der Waals surface area contributed by atoms with Gasteiger partial charge in [-0.05, 0) is 37.8 Å². The summed E-state index contributed by atoms with van der Waals surface area (Å²) in [6, 6.07) is 8.81. The van der Waals surface area contributed by atoms with Crippen LogP contribution in [-0.4, -0.2) is 18.0 Å². The summed E-state index contributed by atoms with van der Waals surface area (Å²) in [6.07, 6.45) is 11.8. The van der Waals surface area contributed by atoms with Gasteiger partial charge in [0.15, 0.2) is 5.79 Å². The second-order valence-corrected chi connectivity index (χ2v) is 7.43. The third-order valence-electron chi connectivity index (χ3n) is 4.72. The van der Waals surface area contributed by atoms with Crippen LogP contribution in [0.4, 0.5) is 0 Å². The molecule has 1 aromatic carbocycles. The van der Waals surface area contributed by atoms with Crippen molar-refractivity contribution in [1.29, 1.82) is 0 Å². The van der Waals surface area contributed by atoms with Crippen LogP contribution in [0.25, 0.3) is 0 Å². The van der Waals surface area contributed by atoms with Gasteiger partial charge in [0.2, 0.25) is 0 Å². The molecule has 24 heavy (non-hydrogen) atoms. The number of benzene rings is 1. The fourth-order valence-corrected chi connectivity index (χ4v) is 3.49. The summed E-state index contributed by atoms with van der Waals surface area (Å²) in [5.74, 6) is -0.457. The molecule has 134 valence electrons. The Kier molecular flexibility index (Phi) is 7.51. The van der Waals surface area contributed by atoms with Crippen molar-refractivity contribution in [2.24, 2.45) is 0 Å². The van der Waals surface area contributed by atoms with E-state index in [1.54, 1.807) is 0 Å². The number of unbranched alkanes of at least 4 members (excludes halogenated alkanes) is 4. The molecule has 0 aliphatic carbocycles. The minimum absolute atomic E-state index is 0.163. The first-order valence-corrected chi connectivity index (χ1v) is 9.58. The third kappa shape index (κ3) is 6.07. The van der Waals surface area contributed by atoms with E-state index in [9.17, 15) is 0 Å². The summed E-state index contributed by atoms with van der Waals surface area (Å²) in [5.41, 5.74) is 2.63. The lowest BCUT2D eigenvalue weighted by Crippen LogP contribution is -2.25. The van der Waals surface area contributed by atoms with Gasteiger partial charge in [0.1, 0.15) is 0 Å². The molecule has 0 radical (unpaired) electrons. The molecule has 2 rings (SSSR count). The van der Waals surface area contributed by atoms with Gasteiger partial charge in [0.25, 0.3) is 0 Å². The summed E-state index contributed by atoms with van der Waals surface area (Å²) in [4.78, 5) is 0. The average molecular weight is 331 g/mol. The fourth-order valence-electron chi connectivity index (χ4n) is 3.49. The molecule has 0 spiro atoms. The first-order chi connectivity index (χ1) is 11.5. The zero-order chi connectivity index (χ0) is 17.4. The summed E-state index contributed by atoms with van der Waals surface area (Å²) >= 11 is 0. The van der Waals surface area contributed by atoms with E-state index in [0.29, 0.717) is 0 Å². The van der Waals surface area contributed by atoms with E-state index in [4.69, 9.17) is 9.47 Å². The van der Waals surface area contributed by atoms with Crippen LogP contribution < -0.4 is 0 Å². The van der Waals surface area contributed by atoms with Crippen LogP contribution in [-0.2, 0) is 22.3 Å². The maximum atomic E-state index is 6.18. The number of rotatable bonds is 10. The van der Waals surface area contributed by atoms with Crippen molar-refractivity contribution in [3.63, 3.8) is 0 Å². The van der Waals surface area contributed by atoms with Gasteiger partial charge in [-0.3, -0.25) is 0 Å². The lowest BCUT2D eigenvalue weighted by molar-refractivity contribution is -0.146. The van der Waals surface area contributed by atoms with Crippen molar-refractivity contribution >= 4 is 0 Å². The highest BCUT2D eigenvalue weighted by molar-refractivity contribution is 5.24. The van der Waals surface area contributed by atoms with E-state index in [2.05, 4.69) is 37.8 Å². The van der Waals surface area contributed by atoms with Crippen LogP contribution >= 0.6 is 0 Å². The van der Waals surface area contributed by atoms with Gasteiger partial charge in [-0.15, -0.1) is 6.58 Å². The highest BCUT2D eigenvalue weighted by Gasteiger charge is 2.40. The Morgan fingerprint density at radius 1 is 0.958 bits per heavy atom. The topological polar surface area (TPSA) is 18.5 Å². The SMILES string of the molecule is C=CCc1ccc(C[C@H]2OC(C)(C)O[C@@H]2CCCCCCC)cc1. The van der Waals surface area contributed by atoms with Crippen molar-refractivity contribution in [2.45, 2.75) is 90.1 Å². The Morgan fingerprint density at radius 2 is 1.58 bits per heavy atom. The molecule has 1 aliphatic heterocycles. The predicted octanol–water partition coefficient (Wildman–Crippen LogP) is 5.84. The Labute approximate surface area is 148 Å². The molecule has 1 aliphatic rings. The Balaban J connectivity index is 1.88. The molecule has 2 heteroatoms. The molecule has 2 nitrogen and oxygen atoms in total. The predicted molar refractivity (Wildman–Crippen MR) is 101 cm³/mol. The van der Waals surface area contributed by atoms with Crippen molar-refractivity contribution in [1.82, 2.24) is 0 Å². The maximum absolute atomic E-state index is 6.18. The van der Waals surface area contributed by atoms with E-state index in [1.165, 1.54) is 43.2 Å². The van der Waals surface area contributed by atoms with Gasteiger partial charge < -0.3 is 9.47 Å². The number of ether oxygens (including phenoxy) is 2. The Morgan fingerprint density at radius 3 is 2.25 bits per heavy atom. The normalized spacial score (nSPS) is 22.6. The van der Waals surface area contributed by atoms with Gasteiger partial charge >= 0.3 is 0 Å². The molecule has 1 aromatic rings. The van der Waals surface area contributed by atoms with E-state index in [1.807, 2.05) is 19.9 Å². The quantitative estimate of drug-likeness (QED) is 0.396. The van der Waals surface area contributed by atoms with Gasteiger partial charge in [-0.2, -0.15) is 0 Å². The second-order valence-electron chi connectivity index (χ2n) is 7.43. The first-order valence-electron chi connectivity index (χ1n) is 9.58. The van der Waals surface area contributed by atoms with Crippen LogP contribution in [0.15, 0.2) is 36.9 Å². The molecule has 0 bridgehead atoms. The standard InChI is InChI=1S/C22H34O2/c1-5-7-8-9-10-12-20-21(24-22(3,4)23-20)17-19-15-13-18(11-6-2)14-16-19/h6,13-16,20-21H,2,5,7-12,17H2,1,3-4H3/t20-,21-/m1/s1. The summed E-state index contributed by atoms with van der Waals surface area (Å²) in [6.45, 7) is 10.1. The van der Waals surface area contributed by atoms with Crippen LogP contribution in [0.1, 0.15) is 70.4 Å². The second kappa shape index (κ2) is 9.39. The first kappa shape index (κ1) is 19.2. The molecular weight excluding hydrogens is 296 g/mol. The minimum atomic E-state index is -0.457. The Hall–Kier alpha value is -1.12. The molecular formula is C22H34O2. The summed E-state index contributed by atoms with van der Waals surface area (Å²) < 4.78 is 12.3. The maximum Gasteiger partial charge on any atom is 0.163 e.